The predicted octanol–water partition coefficient (Wildman–Crippen LogP) is 2.57. The Bertz CT molecular complexity index is 1020. The van der Waals surface area contributed by atoms with Gasteiger partial charge in [0.05, 0.1) is 11.3 Å². The average Bonchev–Trinajstić information content (AvgIpc) is 3.11. The number of rotatable bonds is 3. The number of nitrogens with zero attached hydrogens (tertiary/aromatic N) is 4. The molecule has 0 aromatic carbocycles. The van der Waals surface area contributed by atoms with Crippen molar-refractivity contribution in [2.45, 2.75) is 18.1 Å². The van der Waals surface area contributed by atoms with Gasteiger partial charge < -0.3 is 0 Å². The van der Waals surface area contributed by atoms with Crippen LogP contribution in [0.1, 0.15) is 12.5 Å². The minimum Gasteiger partial charge on any atom is -0.297 e. The van der Waals surface area contributed by atoms with Crippen LogP contribution < -0.4 is 0 Å². The van der Waals surface area contributed by atoms with Gasteiger partial charge in [0.2, 0.25) is 5.95 Å². The first-order chi connectivity index (χ1) is 11.1. The summed E-state index contributed by atoms with van der Waals surface area (Å²) in [4.78, 5) is 7.94. The number of alkyl halides is 3. The molecule has 3 aromatic rings. The molecule has 0 bridgehead atoms. The normalized spacial score (nSPS) is 12.9. The Hall–Kier alpha value is -2.36. The fourth-order valence-electron chi connectivity index (χ4n) is 2.37. The van der Waals surface area contributed by atoms with Crippen molar-refractivity contribution in [2.24, 2.45) is 7.05 Å². The second kappa shape index (κ2) is 5.33. The minimum atomic E-state index is -4.52. The maximum absolute atomic E-state index is 12.8. The summed E-state index contributed by atoms with van der Waals surface area (Å²) in [5, 5.41) is 0.0273. The molecule has 6 nitrogen and oxygen atoms in total. The molecular weight excluding hydrogens is 345 g/mol. The Labute approximate surface area is 135 Å². The molecule has 0 atom stereocenters. The topological polar surface area (TPSA) is 69.8 Å². The Morgan fingerprint density at radius 2 is 2.00 bits per heavy atom. The number of pyridine rings is 1. The highest BCUT2D eigenvalue weighted by molar-refractivity contribution is 7.91. The zero-order chi connectivity index (χ0) is 17.7. The van der Waals surface area contributed by atoms with Crippen molar-refractivity contribution >= 4 is 21.0 Å². The molecule has 3 rings (SSSR count). The van der Waals surface area contributed by atoms with E-state index in [1.54, 1.807) is 7.05 Å². The number of halogens is 3. The van der Waals surface area contributed by atoms with Crippen LogP contribution in [0, 0.1) is 0 Å². The number of sulfone groups is 1. The first-order valence-corrected chi connectivity index (χ1v) is 8.60. The minimum absolute atomic E-state index is 0.0273. The van der Waals surface area contributed by atoms with Crippen molar-refractivity contribution in [3.63, 3.8) is 0 Å². The van der Waals surface area contributed by atoms with Crippen LogP contribution in [0.25, 0.3) is 17.1 Å². The molecule has 0 spiro atoms. The Balaban J connectivity index is 2.23. The quantitative estimate of drug-likeness (QED) is 0.722. The molecule has 128 valence electrons. The summed E-state index contributed by atoms with van der Waals surface area (Å²) in [5.41, 5.74) is -0.643. The second-order valence-corrected chi connectivity index (χ2v) is 7.38. The lowest BCUT2D eigenvalue weighted by atomic mass is 10.2. The van der Waals surface area contributed by atoms with E-state index < -0.39 is 21.6 Å². The van der Waals surface area contributed by atoms with Crippen LogP contribution in [-0.2, 0) is 23.1 Å². The van der Waals surface area contributed by atoms with Gasteiger partial charge in [-0.15, -0.1) is 0 Å². The Morgan fingerprint density at radius 1 is 1.29 bits per heavy atom. The van der Waals surface area contributed by atoms with Crippen LogP contribution in [0.4, 0.5) is 13.2 Å². The summed E-state index contributed by atoms with van der Waals surface area (Å²) < 4.78 is 65.5. The van der Waals surface area contributed by atoms with Crippen LogP contribution in [0.5, 0.6) is 0 Å². The maximum atomic E-state index is 12.8. The molecule has 0 aliphatic rings. The molecule has 0 fully saturated rings. The number of aryl methyl sites for hydroxylation is 1. The van der Waals surface area contributed by atoms with E-state index in [9.17, 15) is 21.6 Å². The Morgan fingerprint density at radius 3 is 2.62 bits per heavy atom. The molecule has 10 heteroatoms. The van der Waals surface area contributed by atoms with Crippen LogP contribution >= 0.6 is 0 Å². The van der Waals surface area contributed by atoms with Crippen molar-refractivity contribution in [2.75, 3.05) is 5.75 Å². The second-order valence-electron chi connectivity index (χ2n) is 5.16. The highest BCUT2D eigenvalue weighted by atomic mass is 32.2. The summed E-state index contributed by atoms with van der Waals surface area (Å²) in [5.74, 6) is 0.0751. The molecule has 0 N–H and O–H groups in total. The SMILES string of the molecule is CCS(=O)(=O)c1cccn1-c1nc2cc(C(F)(F)F)cnc2n1C. The molecule has 0 amide bonds. The molecule has 0 aliphatic heterocycles. The fourth-order valence-corrected chi connectivity index (χ4v) is 3.39. The molecule has 3 aromatic heterocycles. The standard InChI is InChI=1S/C14H13F3N4O2S/c1-3-24(22,23)11-5-4-6-21(11)13-19-10-7-9(14(15,16)17)8-18-12(10)20(13)2/h4-8H,3H2,1-2H3. The van der Waals surface area contributed by atoms with E-state index in [4.69, 9.17) is 0 Å². The lowest BCUT2D eigenvalue weighted by Gasteiger charge is -2.08. The third kappa shape index (κ3) is 2.56. The summed E-state index contributed by atoms with van der Waals surface area (Å²) in [6.07, 6.45) is -2.30. The molecule has 0 saturated heterocycles. The van der Waals surface area contributed by atoms with Gasteiger partial charge >= 0.3 is 6.18 Å². The third-order valence-corrected chi connectivity index (χ3v) is 5.37. The number of hydrogen-bond donors (Lipinski definition) is 0. The van der Waals surface area contributed by atoms with Gasteiger partial charge in [-0.2, -0.15) is 13.2 Å². The van der Waals surface area contributed by atoms with Gasteiger partial charge in [0, 0.05) is 19.4 Å². The van der Waals surface area contributed by atoms with Crippen LogP contribution in [0.15, 0.2) is 35.6 Å². The zero-order valence-corrected chi connectivity index (χ0v) is 13.6. The first-order valence-electron chi connectivity index (χ1n) is 6.95. The van der Waals surface area contributed by atoms with E-state index in [1.807, 2.05) is 0 Å². The van der Waals surface area contributed by atoms with E-state index in [1.165, 1.54) is 34.4 Å². The monoisotopic (exact) mass is 358 g/mol. The highest BCUT2D eigenvalue weighted by Gasteiger charge is 2.32. The Kier molecular flexibility index (Phi) is 3.67. The third-order valence-electron chi connectivity index (χ3n) is 3.64. The summed E-state index contributed by atoms with van der Waals surface area (Å²) in [7, 11) is -1.95. The predicted molar refractivity (Wildman–Crippen MR) is 80.6 cm³/mol. The molecule has 0 radical (unpaired) electrons. The molecule has 0 aliphatic carbocycles. The van der Waals surface area contributed by atoms with E-state index in [0.717, 1.165) is 12.3 Å². The summed E-state index contributed by atoms with van der Waals surface area (Å²) >= 11 is 0. The van der Waals surface area contributed by atoms with Crippen LogP contribution in [0.2, 0.25) is 0 Å². The highest BCUT2D eigenvalue weighted by Crippen LogP contribution is 2.31. The van der Waals surface area contributed by atoms with Gasteiger partial charge in [-0.25, -0.2) is 18.4 Å². The van der Waals surface area contributed by atoms with Crippen molar-refractivity contribution in [1.82, 2.24) is 19.1 Å². The number of fused-ring (bicyclic) bond motifs is 1. The van der Waals surface area contributed by atoms with Crippen molar-refractivity contribution in [1.29, 1.82) is 0 Å². The van der Waals surface area contributed by atoms with E-state index in [2.05, 4.69) is 9.97 Å². The number of imidazole rings is 1. The van der Waals surface area contributed by atoms with Gasteiger partial charge in [-0.3, -0.25) is 9.13 Å². The maximum Gasteiger partial charge on any atom is 0.417 e. The smallest absolute Gasteiger partial charge is 0.297 e. The van der Waals surface area contributed by atoms with Gasteiger partial charge in [-0.1, -0.05) is 6.92 Å². The van der Waals surface area contributed by atoms with Gasteiger partial charge in [0.1, 0.15) is 10.5 Å². The molecule has 0 saturated carbocycles. The van der Waals surface area contributed by atoms with Crippen LogP contribution in [0.3, 0.4) is 0 Å². The fraction of sp³-hybridized carbons (Fsp3) is 0.286. The summed E-state index contributed by atoms with van der Waals surface area (Å²) in [6, 6.07) is 3.85. The van der Waals surface area contributed by atoms with E-state index in [-0.39, 0.29) is 27.9 Å². The lowest BCUT2D eigenvalue weighted by Crippen LogP contribution is -2.12. The zero-order valence-electron chi connectivity index (χ0n) is 12.7. The van der Waals surface area contributed by atoms with Crippen LogP contribution in [-0.4, -0.2) is 33.3 Å². The first kappa shape index (κ1) is 16.5. The van der Waals surface area contributed by atoms with Gasteiger partial charge in [0.15, 0.2) is 15.5 Å². The summed E-state index contributed by atoms with van der Waals surface area (Å²) in [6.45, 7) is 1.51. The molecule has 0 unspecified atom stereocenters. The molecule has 3 heterocycles. The van der Waals surface area contributed by atoms with Crippen molar-refractivity contribution in [3.8, 4) is 5.95 Å². The van der Waals surface area contributed by atoms with Gasteiger partial charge in [0.25, 0.3) is 0 Å². The van der Waals surface area contributed by atoms with E-state index >= 15 is 0 Å². The number of aromatic nitrogens is 4. The van der Waals surface area contributed by atoms with Crippen molar-refractivity contribution < 1.29 is 21.6 Å². The molecular formula is C14H13F3N4O2S. The van der Waals surface area contributed by atoms with Crippen molar-refractivity contribution in [3.05, 3.63) is 36.2 Å². The largest absolute Gasteiger partial charge is 0.417 e. The molecule has 24 heavy (non-hydrogen) atoms. The van der Waals surface area contributed by atoms with E-state index in [0.29, 0.717) is 0 Å². The lowest BCUT2D eigenvalue weighted by molar-refractivity contribution is -0.137. The number of hydrogen-bond acceptors (Lipinski definition) is 4. The average molecular weight is 358 g/mol. The van der Waals surface area contributed by atoms with Gasteiger partial charge in [-0.05, 0) is 18.2 Å².